The van der Waals surface area contributed by atoms with E-state index in [-0.39, 0.29) is 28.8 Å². The van der Waals surface area contributed by atoms with E-state index in [0.717, 1.165) is 28.2 Å². The van der Waals surface area contributed by atoms with Crippen LogP contribution in [0, 0.1) is 17.7 Å². The summed E-state index contributed by atoms with van der Waals surface area (Å²) < 4.78 is 5.98. The predicted molar refractivity (Wildman–Crippen MR) is 124 cm³/mol. The standard InChI is InChI=1S/C22H26N8O/c1-12(2)31-22-17-13(3)5-4-6-14(17)7-16(30-22)10-27-21-18(20(26)28-11-29-21)19(25)15(8-23)9-24/h4-9,11-12,23,25H,10,24H2,1-3H3,(H3,26,27,28,29)/b15-9+,23-8?,25-19?. The van der Waals surface area contributed by atoms with E-state index in [4.69, 9.17) is 32.0 Å². The van der Waals surface area contributed by atoms with Gasteiger partial charge in [0.25, 0.3) is 0 Å². The lowest BCUT2D eigenvalue weighted by atomic mass is 10.0. The molecule has 9 nitrogen and oxygen atoms in total. The molecule has 0 bridgehead atoms. The van der Waals surface area contributed by atoms with E-state index in [1.807, 2.05) is 45.0 Å². The normalized spacial score (nSPS) is 11.5. The second-order valence-electron chi connectivity index (χ2n) is 7.24. The number of nitrogens with zero attached hydrogens (tertiary/aromatic N) is 3. The van der Waals surface area contributed by atoms with Gasteiger partial charge in [-0.25, -0.2) is 15.0 Å². The number of nitrogen functional groups attached to an aromatic ring is 1. The first kappa shape index (κ1) is 21.7. The minimum atomic E-state index is -0.0379. The quantitative estimate of drug-likeness (QED) is 0.351. The molecule has 2 heterocycles. The molecule has 0 aliphatic rings. The topological polar surface area (TPSA) is 160 Å². The van der Waals surface area contributed by atoms with Gasteiger partial charge in [-0.05, 0) is 37.8 Å². The van der Waals surface area contributed by atoms with Crippen molar-refractivity contribution in [2.75, 3.05) is 11.1 Å². The zero-order chi connectivity index (χ0) is 22.5. The Morgan fingerprint density at radius 3 is 2.74 bits per heavy atom. The first-order valence-electron chi connectivity index (χ1n) is 9.77. The third kappa shape index (κ3) is 4.61. The van der Waals surface area contributed by atoms with Crippen molar-refractivity contribution in [2.45, 2.75) is 33.4 Å². The minimum absolute atomic E-state index is 0.0187. The lowest BCUT2D eigenvalue weighted by Gasteiger charge is -2.16. The molecule has 9 heteroatoms. The number of fused-ring (bicyclic) bond motifs is 1. The summed E-state index contributed by atoms with van der Waals surface area (Å²) in [5.41, 5.74) is 13.8. The van der Waals surface area contributed by atoms with E-state index < -0.39 is 0 Å². The summed E-state index contributed by atoms with van der Waals surface area (Å²) in [6.07, 6.45) is 3.46. The van der Waals surface area contributed by atoms with Gasteiger partial charge in [-0.15, -0.1) is 0 Å². The van der Waals surface area contributed by atoms with E-state index in [2.05, 4.69) is 15.3 Å². The van der Waals surface area contributed by atoms with Gasteiger partial charge in [0.1, 0.15) is 18.0 Å². The van der Waals surface area contributed by atoms with Crippen LogP contribution in [-0.4, -0.2) is 33.0 Å². The molecule has 0 fully saturated rings. The molecule has 0 amide bonds. The summed E-state index contributed by atoms with van der Waals surface area (Å²) in [5, 5.41) is 21.0. The Morgan fingerprint density at radius 2 is 2.06 bits per heavy atom. The maximum atomic E-state index is 8.36. The Labute approximate surface area is 180 Å². The van der Waals surface area contributed by atoms with Gasteiger partial charge in [0.15, 0.2) is 0 Å². The zero-order valence-corrected chi connectivity index (χ0v) is 17.7. The number of allylic oxidation sites excluding steroid dienone is 1. The number of nitrogens with two attached hydrogens (primary N) is 2. The highest BCUT2D eigenvalue weighted by Gasteiger charge is 2.18. The number of aryl methyl sites for hydroxylation is 1. The Hall–Kier alpha value is -4.01. The Balaban J connectivity index is 1.98. The number of aromatic nitrogens is 3. The Bertz CT molecular complexity index is 1170. The molecular weight excluding hydrogens is 392 g/mol. The van der Waals surface area contributed by atoms with Gasteiger partial charge in [-0.3, -0.25) is 5.41 Å². The van der Waals surface area contributed by atoms with Crippen molar-refractivity contribution in [3.63, 3.8) is 0 Å². The number of anilines is 2. The van der Waals surface area contributed by atoms with Crippen LogP contribution in [0.15, 0.2) is 42.4 Å². The van der Waals surface area contributed by atoms with Crippen molar-refractivity contribution >= 4 is 34.3 Å². The highest BCUT2D eigenvalue weighted by Crippen LogP contribution is 2.29. The zero-order valence-electron chi connectivity index (χ0n) is 17.7. The van der Waals surface area contributed by atoms with Crippen LogP contribution < -0.4 is 21.5 Å². The van der Waals surface area contributed by atoms with Crippen molar-refractivity contribution in [1.82, 2.24) is 15.0 Å². The molecule has 0 saturated carbocycles. The van der Waals surface area contributed by atoms with Crippen molar-refractivity contribution in [3.05, 3.63) is 59.2 Å². The van der Waals surface area contributed by atoms with E-state index in [0.29, 0.717) is 18.2 Å². The van der Waals surface area contributed by atoms with Crippen molar-refractivity contribution in [3.8, 4) is 5.88 Å². The lowest BCUT2D eigenvalue weighted by molar-refractivity contribution is 0.235. The molecule has 0 aliphatic carbocycles. The van der Waals surface area contributed by atoms with Crippen molar-refractivity contribution < 1.29 is 4.74 Å². The third-order valence-corrected chi connectivity index (χ3v) is 4.62. The second-order valence-corrected chi connectivity index (χ2v) is 7.24. The Morgan fingerprint density at radius 1 is 1.29 bits per heavy atom. The molecule has 0 radical (unpaired) electrons. The molecule has 0 saturated heterocycles. The number of ether oxygens (including phenoxy) is 1. The van der Waals surface area contributed by atoms with Crippen LogP contribution in [0.4, 0.5) is 11.6 Å². The van der Waals surface area contributed by atoms with Crippen LogP contribution in [0.1, 0.15) is 30.7 Å². The van der Waals surface area contributed by atoms with Crippen LogP contribution in [-0.2, 0) is 6.54 Å². The summed E-state index contributed by atoms with van der Waals surface area (Å²) in [4.78, 5) is 12.9. The van der Waals surface area contributed by atoms with Gasteiger partial charge in [0, 0.05) is 23.4 Å². The maximum Gasteiger partial charge on any atom is 0.222 e. The van der Waals surface area contributed by atoms with Gasteiger partial charge < -0.3 is 26.9 Å². The van der Waals surface area contributed by atoms with Crippen LogP contribution in [0.25, 0.3) is 10.8 Å². The molecule has 0 atom stereocenters. The molecule has 3 aromatic rings. The van der Waals surface area contributed by atoms with Crippen LogP contribution in [0.5, 0.6) is 5.88 Å². The fraction of sp³-hybridized carbons (Fsp3) is 0.227. The molecule has 2 aromatic heterocycles. The first-order chi connectivity index (χ1) is 14.8. The summed E-state index contributed by atoms with van der Waals surface area (Å²) in [6.45, 7) is 6.28. The van der Waals surface area contributed by atoms with Crippen LogP contribution in [0.3, 0.4) is 0 Å². The highest BCUT2D eigenvalue weighted by atomic mass is 16.5. The predicted octanol–water partition coefficient (Wildman–Crippen LogP) is 3.17. The molecule has 7 N–H and O–H groups in total. The molecule has 31 heavy (non-hydrogen) atoms. The number of nitrogens with one attached hydrogen (secondary N) is 3. The average Bonchev–Trinajstić information content (AvgIpc) is 2.72. The van der Waals surface area contributed by atoms with Gasteiger partial charge in [0.2, 0.25) is 5.88 Å². The summed E-state index contributed by atoms with van der Waals surface area (Å²) in [7, 11) is 0. The van der Waals surface area contributed by atoms with E-state index in [9.17, 15) is 0 Å². The van der Waals surface area contributed by atoms with Crippen LogP contribution in [0.2, 0.25) is 0 Å². The molecule has 1 aromatic carbocycles. The molecule has 3 rings (SSSR count). The summed E-state index contributed by atoms with van der Waals surface area (Å²) in [5.74, 6) is 1.06. The van der Waals surface area contributed by atoms with Crippen molar-refractivity contribution in [2.24, 2.45) is 5.73 Å². The summed E-state index contributed by atoms with van der Waals surface area (Å²) >= 11 is 0. The average molecular weight is 419 g/mol. The van der Waals surface area contributed by atoms with E-state index in [1.165, 1.54) is 12.5 Å². The number of rotatable bonds is 8. The third-order valence-electron chi connectivity index (χ3n) is 4.62. The van der Waals surface area contributed by atoms with Gasteiger partial charge >= 0.3 is 0 Å². The molecule has 0 aliphatic heterocycles. The lowest BCUT2D eigenvalue weighted by Crippen LogP contribution is -2.16. The number of benzene rings is 1. The molecule has 0 spiro atoms. The second kappa shape index (κ2) is 9.21. The number of hydrogen-bond acceptors (Lipinski definition) is 9. The number of pyridine rings is 1. The largest absolute Gasteiger partial charge is 0.474 e. The summed E-state index contributed by atoms with van der Waals surface area (Å²) in [6, 6.07) is 8.03. The molecule has 160 valence electrons. The van der Waals surface area contributed by atoms with E-state index >= 15 is 0 Å². The SMILES string of the molecule is Cc1cccc2cc(CNc3ncnc(N)c3C(=N)/C(C=N)=C/N)nc(OC(C)C)c12. The maximum absolute atomic E-state index is 8.36. The van der Waals surface area contributed by atoms with Crippen molar-refractivity contribution in [1.29, 1.82) is 10.8 Å². The fourth-order valence-corrected chi connectivity index (χ4v) is 3.20. The van der Waals surface area contributed by atoms with Crippen LogP contribution >= 0.6 is 0 Å². The molecule has 0 unspecified atom stereocenters. The monoisotopic (exact) mass is 418 g/mol. The molecular formula is C22H26N8O. The van der Waals surface area contributed by atoms with Gasteiger partial charge in [-0.2, -0.15) is 0 Å². The minimum Gasteiger partial charge on any atom is -0.474 e. The Kier molecular flexibility index (Phi) is 6.44. The highest BCUT2D eigenvalue weighted by molar-refractivity contribution is 6.25. The van der Waals surface area contributed by atoms with Gasteiger partial charge in [-0.1, -0.05) is 18.2 Å². The van der Waals surface area contributed by atoms with E-state index in [1.54, 1.807) is 0 Å². The fourth-order valence-electron chi connectivity index (χ4n) is 3.20. The number of hydrogen-bond donors (Lipinski definition) is 5. The van der Waals surface area contributed by atoms with Gasteiger partial charge in [0.05, 0.1) is 29.6 Å². The first-order valence-corrected chi connectivity index (χ1v) is 9.77. The smallest absolute Gasteiger partial charge is 0.222 e.